The second-order valence-electron chi connectivity index (χ2n) is 8.02. The molecule has 3 unspecified atom stereocenters. The van der Waals surface area contributed by atoms with Crippen LogP contribution >= 0.6 is 0 Å². The Morgan fingerprint density at radius 2 is 2.20 bits per heavy atom. The number of carboxylic acids is 1. The lowest BCUT2D eigenvalue weighted by atomic mass is 9.70. The van der Waals surface area contributed by atoms with Crippen molar-refractivity contribution in [3.8, 4) is 0 Å². The van der Waals surface area contributed by atoms with Gasteiger partial charge in [-0.25, -0.2) is 4.79 Å². The third kappa shape index (κ3) is 2.46. The van der Waals surface area contributed by atoms with E-state index >= 15 is 0 Å². The summed E-state index contributed by atoms with van der Waals surface area (Å²) in [7, 11) is 0. The van der Waals surface area contributed by atoms with Crippen molar-refractivity contribution < 1.29 is 24.2 Å². The molecule has 7 heteroatoms. The van der Waals surface area contributed by atoms with Crippen LogP contribution in [0.2, 0.25) is 0 Å². The van der Waals surface area contributed by atoms with E-state index in [0.717, 1.165) is 32.1 Å². The molecule has 2 N–H and O–H groups in total. The van der Waals surface area contributed by atoms with Gasteiger partial charge < -0.3 is 24.8 Å². The normalized spacial score (nSPS) is 42.4. The van der Waals surface area contributed by atoms with Crippen molar-refractivity contribution in [3.63, 3.8) is 0 Å². The molecule has 4 rings (SSSR count). The maximum atomic E-state index is 12.8. The van der Waals surface area contributed by atoms with Crippen LogP contribution in [0, 0.1) is 11.3 Å². The van der Waals surface area contributed by atoms with Gasteiger partial charge in [-0.3, -0.25) is 4.79 Å². The fraction of sp³-hybridized carbons (Fsp3) is 0.889. The molecule has 25 heavy (non-hydrogen) atoms. The average molecular weight is 352 g/mol. The molecule has 1 spiro atoms. The van der Waals surface area contributed by atoms with Crippen LogP contribution in [0.3, 0.4) is 0 Å². The minimum absolute atomic E-state index is 0.0414. The van der Waals surface area contributed by atoms with Crippen molar-refractivity contribution in [1.29, 1.82) is 0 Å². The summed E-state index contributed by atoms with van der Waals surface area (Å²) < 4.78 is 11.8. The highest BCUT2D eigenvalue weighted by Gasteiger charge is 2.60. The van der Waals surface area contributed by atoms with Crippen LogP contribution in [0.1, 0.15) is 45.4 Å². The maximum absolute atomic E-state index is 12.8. The highest BCUT2D eigenvalue weighted by atomic mass is 16.6. The first-order chi connectivity index (χ1) is 12.0. The Labute approximate surface area is 148 Å². The topological polar surface area (TPSA) is 88.1 Å². The van der Waals surface area contributed by atoms with Crippen LogP contribution in [0.25, 0.3) is 0 Å². The summed E-state index contributed by atoms with van der Waals surface area (Å²) in [5.41, 5.74) is -1.11. The Morgan fingerprint density at radius 1 is 1.36 bits per heavy atom. The zero-order chi connectivity index (χ0) is 17.7. The molecule has 4 fully saturated rings. The number of carbonyl (C=O) groups is 2. The van der Waals surface area contributed by atoms with Crippen molar-refractivity contribution >= 4 is 12.0 Å². The molecule has 2 saturated heterocycles. The van der Waals surface area contributed by atoms with E-state index in [1.54, 1.807) is 4.90 Å². The van der Waals surface area contributed by atoms with Crippen molar-refractivity contribution in [2.45, 2.75) is 63.2 Å². The third-order valence-electron chi connectivity index (χ3n) is 6.92. The molecular formula is C18H28N2O5. The first kappa shape index (κ1) is 17.1. The largest absolute Gasteiger partial charge is 0.481 e. The van der Waals surface area contributed by atoms with Crippen LogP contribution in [-0.2, 0) is 14.3 Å². The van der Waals surface area contributed by atoms with Gasteiger partial charge >= 0.3 is 12.0 Å². The molecule has 2 amide bonds. The molecule has 2 heterocycles. The summed E-state index contributed by atoms with van der Waals surface area (Å²) in [6, 6.07) is -0.190. The first-order valence-electron chi connectivity index (χ1n) is 9.56. The van der Waals surface area contributed by atoms with Crippen LogP contribution in [0.5, 0.6) is 0 Å². The van der Waals surface area contributed by atoms with E-state index in [1.807, 2.05) is 6.92 Å². The van der Waals surface area contributed by atoms with Crippen molar-refractivity contribution in [3.05, 3.63) is 0 Å². The zero-order valence-electron chi connectivity index (χ0n) is 14.8. The number of ether oxygens (including phenoxy) is 2. The Balaban J connectivity index is 1.41. The molecule has 2 saturated carbocycles. The van der Waals surface area contributed by atoms with Crippen molar-refractivity contribution in [1.82, 2.24) is 10.2 Å². The molecule has 2 aliphatic carbocycles. The van der Waals surface area contributed by atoms with Gasteiger partial charge in [-0.2, -0.15) is 0 Å². The lowest BCUT2D eigenvalue weighted by Gasteiger charge is -2.52. The molecule has 0 bridgehead atoms. The zero-order valence-corrected chi connectivity index (χ0v) is 14.8. The predicted octanol–water partition coefficient (Wildman–Crippen LogP) is 1.61. The maximum Gasteiger partial charge on any atom is 0.317 e. The number of nitrogens with zero attached hydrogens (tertiary/aromatic N) is 1. The number of nitrogens with one attached hydrogen (secondary N) is 1. The number of hydrogen-bond acceptors (Lipinski definition) is 4. The van der Waals surface area contributed by atoms with Gasteiger partial charge in [-0.15, -0.1) is 0 Å². The van der Waals surface area contributed by atoms with Crippen LogP contribution in [0.15, 0.2) is 0 Å². The van der Waals surface area contributed by atoms with Crippen LogP contribution in [0.4, 0.5) is 4.79 Å². The highest BCUT2D eigenvalue weighted by molar-refractivity contribution is 5.81. The van der Waals surface area contributed by atoms with Crippen molar-refractivity contribution in [2.24, 2.45) is 11.3 Å². The number of likely N-dealkylation sites (tertiary alicyclic amines) is 1. The minimum atomic E-state index is -0.749. The summed E-state index contributed by atoms with van der Waals surface area (Å²) in [4.78, 5) is 26.3. The molecule has 0 radical (unpaired) electrons. The lowest BCUT2D eigenvalue weighted by molar-refractivity contribution is -0.195. The van der Waals surface area contributed by atoms with Gasteiger partial charge in [0.2, 0.25) is 0 Å². The third-order valence-corrected chi connectivity index (χ3v) is 6.92. The SMILES string of the molecule is CCOC1CC(NC(=O)N2C[C@@H]3CCC[C@@]3(C(=O)O)C2)C12CCCO2. The quantitative estimate of drug-likeness (QED) is 0.802. The fourth-order valence-electron chi connectivity index (χ4n) is 5.51. The number of urea groups is 1. The molecule has 0 aromatic carbocycles. The smallest absolute Gasteiger partial charge is 0.317 e. The van der Waals surface area contributed by atoms with Gasteiger partial charge in [-0.1, -0.05) is 6.42 Å². The molecule has 2 aliphatic heterocycles. The molecule has 5 atom stereocenters. The molecule has 0 aromatic rings. The van der Waals surface area contributed by atoms with Crippen molar-refractivity contribution in [2.75, 3.05) is 26.3 Å². The molecule has 4 aliphatic rings. The van der Waals surface area contributed by atoms with E-state index in [1.165, 1.54) is 0 Å². The highest BCUT2D eigenvalue weighted by Crippen LogP contribution is 2.49. The number of aliphatic carboxylic acids is 1. The number of carbonyl (C=O) groups excluding carboxylic acids is 1. The number of fused-ring (bicyclic) bond motifs is 1. The van der Waals surface area contributed by atoms with E-state index < -0.39 is 11.4 Å². The van der Waals surface area contributed by atoms with Gasteiger partial charge in [0.1, 0.15) is 5.60 Å². The second kappa shape index (κ2) is 6.13. The van der Waals surface area contributed by atoms with Gasteiger partial charge in [0.15, 0.2) is 0 Å². The Bertz CT molecular complexity index is 562. The Morgan fingerprint density at radius 3 is 2.84 bits per heavy atom. The van der Waals surface area contributed by atoms with Gasteiger partial charge in [0, 0.05) is 26.3 Å². The second-order valence-corrected chi connectivity index (χ2v) is 8.02. The first-order valence-corrected chi connectivity index (χ1v) is 9.56. The average Bonchev–Trinajstić information content (AvgIpc) is 3.28. The lowest BCUT2D eigenvalue weighted by Crippen LogP contribution is -2.70. The molecular weight excluding hydrogens is 324 g/mol. The summed E-state index contributed by atoms with van der Waals surface area (Å²) in [6.07, 6.45) is 5.24. The van der Waals surface area contributed by atoms with Gasteiger partial charge in [0.05, 0.1) is 17.6 Å². The summed E-state index contributed by atoms with van der Waals surface area (Å²) in [6.45, 7) is 4.21. The van der Waals surface area contributed by atoms with E-state index in [4.69, 9.17) is 9.47 Å². The Hall–Kier alpha value is -1.34. The summed E-state index contributed by atoms with van der Waals surface area (Å²) in [5, 5.41) is 12.8. The van der Waals surface area contributed by atoms with Crippen LogP contribution in [-0.4, -0.2) is 66.1 Å². The Kier molecular flexibility index (Phi) is 4.19. The minimum Gasteiger partial charge on any atom is -0.481 e. The van der Waals surface area contributed by atoms with E-state index in [-0.39, 0.29) is 29.7 Å². The van der Waals surface area contributed by atoms with E-state index in [9.17, 15) is 14.7 Å². The predicted molar refractivity (Wildman–Crippen MR) is 89.3 cm³/mol. The fourth-order valence-corrected chi connectivity index (χ4v) is 5.51. The standard InChI is InChI=1S/C18H28N2O5/c1-2-24-14-9-13(18(14)7-4-8-25-18)19-16(23)20-10-12-5-3-6-17(12,11-20)15(21)22/h12-14H,2-11H2,1H3,(H,19,23)(H,21,22)/t12-,13?,14?,17+,18?/m0/s1. The van der Waals surface area contributed by atoms with Crippen LogP contribution < -0.4 is 5.32 Å². The summed E-state index contributed by atoms with van der Waals surface area (Å²) >= 11 is 0. The molecule has 0 aromatic heterocycles. The number of rotatable bonds is 4. The summed E-state index contributed by atoms with van der Waals surface area (Å²) in [5.74, 6) is -0.661. The number of amides is 2. The van der Waals surface area contributed by atoms with Gasteiger partial charge in [0.25, 0.3) is 0 Å². The van der Waals surface area contributed by atoms with Gasteiger partial charge in [-0.05, 0) is 44.9 Å². The van der Waals surface area contributed by atoms with E-state index in [2.05, 4.69) is 5.32 Å². The number of hydrogen-bond donors (Lipinski definition) is 2. The monoisotopic (exact) mass is 352 g/mol. The molecule has 7 nitrogen and oxygen atoms in total. The number of carboxylic acid groups (broad SMARTS) is 1. The van der Waals surface area contributed by atoms with E-state index in [0.29, 0.717) is 32.7 Å². The molecule has 140 valence electrons.